The lowest BCUT2D eigenvalue weighted by Crippen LogP contribution is -2.49. The maximum Gasteiger partial charge on any atom is 0.320 e. The topological polar surface area (TPSA) is 62.2 Å². The summed E-state index contributed by atoms with van der Waals surface area (Å²) < 4.78 is 1.92. The summed E-state index contributed by atoms with van der Waals surface area (Å²) in [5.41, 5.74) is 1.06. The van der Waals surface area contributed by atoms with E-state index < -0.39 is 0 Å². The van der Waals surface area contributed by atoms with Gasteiger partial charge in [0.25, 0.3) is 0 Å². The average molecular weight is 305 g/mol. The van der Waals surface area contributed by atoms with Gasteiger partial charge in [-0.25, -0.2) is 4.79 Å². The van der Waals surface area contributed by atoms with E-state index in [1.165, 1.54) is 12.8 Å². The van der Waals surface area contributed by atoms with Crippen molar-refractivity contribution in [1.82, 2.24) is 20.0 Å². The van der Waals surface area contributed by atoms with Crippen LogP contribution < -0.4 is 10.6 Å². The summed E-state index contributed by atoms with van der Waals surface area (Å²) >= 11 is 0. The zero-order valence-electron chi connectivity index (χ0n) is 14.0. The number of fused-ring (bicyclic) bond motifs is 2. The molecule has 2 atom stereocenters. The number of amides is 2. The molecule has 22 heavy (non-hydrogen) atoms. The summed E-state index contributed by atoms with van der Waals surface area (Å²) in [6.45, 7) is 6.17. The van der Waals surface area contributed by atoms with Crippen molar-refractivity contribution in [3.05, 3.63) is 11.8 Å². The minimum Gasteiger partial charge on any atom is -0.335 e. The second-order valence-electron chi connectivity index (χ2n) is 7.03. The summed E-state index contributed by atoms with van der Waals surface area (Å²) in [4.78, 5) is 14.7. The Morgan fingerprint density at radius 3 is 2.50 bits per heavy atom. The van der Waals surface area contributed by atoms with E-state index in [2.05, 4.69) is 41.5 Å². The monoisotopic (exact) mass is 305 g/mol. The lowest BCUT2D eigenvalue weighted by molar-refractivity contribution is 0.151. The number of anilines is 1. The number of rotatable bonds is 3. The summed E-state index contributed by atoms with van der Waals surface area (Å²) in [6.07, 6.45) is 4.64. The maximum atomic E-state index is 12.2. The zero-order chi connectivity index (χ0) is 15.9. The van der Waals surface area contributed by atoms with Crippen molar-refractivity contribution in [2.45, 2.75) is 70.6 Å². The molecule has 0 aromatic carbocycles. The molecule has 2 aliphatic heterocycles. The van der Waals surface area contributed by atoms with Crippen LogP contribution in [0.2, 0.25) is 0 Å². The molecule has 1 aromatic heterocycles. The van der Waals surface area contributed by atoms with Gasteiger partial charge in [0, 0.05) is 35.9 Å². The number of hydrogen-bond donors (Lipinski definition) is 2. The summed E-state index contributed by atoms with van der Waals surface area (Å²) in [7, 11) is 2.21. The maximum absolute atomic E-state index is 12.2. The molecular formula is C16H27N5O. The quantitative estimate of drug-likeness (QED) is 0.902. The van der Waals surface area contributed by atoms with Gasteiger partial charge in [-0.2, -0.15) is 5.10 Å². The third-order valence-corrected chi connectivity index (χ3v) is 5.09. The van der Waals surface area contributed by atoms with E-state index >= 15 is 0 Å². The first-order chi connectivity index (χ1) is 10.4. The van der Waals surface area contributed by atoms with E-state index in [4.69, 9.17) is 0 Å². The van der Waals surface area contributed by atoms with Crippen LogP contribution in [0.25, 0.3) is 0 Å². The molecule has 3 rings (SSSR count). The van der Waals surface area contributed by atoms with Gasteiger partial charge in [0.05, 0.1) is 0 Å². The molecule has 0 radical (unpaired) electrons. The third-order valence-electron chi connectivity index (χ3n) is 5.09. The fourth-order valence-corrected chi connectivity index (χ4v) is 3.94. The molecule has 6 nitrogen and oxygen atoms in total. The molecular weight excluding hydrogens is 278 g/mol. The molecule has 2 N–H and O–H groups in total. The average Bonchev–Trinajstić information content (AvgIpc) is 2.87. The van der Waals surface area contributed by atoms with Crippen LogP contribution in [-0.2, 0) is 0 Å². The lowest BCUT2D eigenvalue weighted by Gasteiger charge is -2.36. The van der Waals surface area contributed by atoms with Gasteiger partial charge < -0.3 is 10.2 Å². The van der Waals surface area contributed by atoms with Crippen molar-refractivity contribution in [1.29, 1.82) is 0 Å². The molecule has 122 valence electrons. The van der Waals surface area contributed by atoms with Crippen LogP contribution in [-0.4, -0.2) is 45.9 Å². The summed E-state index contributed by atoms with van der Waals surface area (Å²) in [5.74, 6) is 0.625. The standard InChI is InChI=1S/C16H27N5O/c1-10(2)21-11(3)7-15(19-21)18-16(22)17-12-8-13-5-6-14(9-12)20(13)4/h7,10,12-14H,5-6,8-9H2,1-4H3,(H2,17,18,19,22). The molecule has 2 aliphatic rings. The normalized spacial score (nSPS) is 28.1. The van der Waals surface area contributed by atoms with Crippen molar-refractivity contribution in [3.8, 4) is 0 Å². The Morgan fingerprint density at radius 2 is 1.95 bits per heavy atom. The number of nitrogens with zero attached hydrogens (tertiary/aromatic N) is 3. The molecule has 2 saturated heterocycles. The third kappa shape index (κ3) is 2.97. The predicted molar refractivity (Wildman–Crippen MR) is 87.1 cm³/mol. The minimum atomic E-state index is -0.137. The van der Waals surface area contributed by atoms with Gasteiger partial charge >= 0.3 is 6.03 Å². The highest BCUT2D eigenvalue weighted by atomic mass is 16.2. The van der Waals surface area contributed by atoms with Crippen molar-refractivity contribution in [3.63, 3.8) is 0 Å². The van der Waals surface area contributed by atoms with Gasteiger partial charge in [-0.1, -0.05) is 0 Å². The fraction of sp³-hybridized carbons (Fsp3) is 0.750. The number of aryl methyl sites for hydroxylation is 1. The molecule has 1 aromatic rings. The number of hydrogen-bond acceptors (Lipinski definition) is 3. The molecule has 2 bridgehead atoms. The number of piperidine rings is 1. The SMILES string of the molecule is Cc1cc(NC(=O)NC2CC3CCC(C2)N3C)nn1C(C)C. The molecule has 2 amide bonds. The first kappa shape index (κ1) is 15.3. The van der Waals surface area contributed by atoms with E-state index in [-0.39, 0.29) is 12.1 Å². The number of nitrogens with one attached hydrogen (secondary N) is 2. The zero-order valence-corrected chi connectivity index (χ0v) is 14.0. The Labute approximate surface area is 132 Å². The number of aromatic nitrogens is 2. The van der Waals surface area contributed by atoms with Gasteiger partial charge in [0.15, 0.2) is 5.82 Å². The van der Waals surface area contributed by atoms with Crippen LogP contribution in [0.5, 0.6) is 0 Å². The van der Waals surface area contributed by atoms with E-state index in [1.54, 1.807) is 0 Å². The van der Waals surface area contributed by atoms with Crippen LogP contribution in [0.15, 0.2) is 6.07 Å². The van der Waals surface area contributed by atoms with Gasteiger partial charge in [-0.05, 0) is 53.5 Å². The second-order valence-corrected chi connectivity index (χ2v) is 7.03. The number of urea groups is 1. The number of carbonyl (C=O) groups is 1. The van der Waals surface area contributed by atoms with Crippen molar-refractivity contribution >= 4 is 11.8 Å². The summed E-state index contributed by atoms with van der Waals surface area (Å²) in [5, 5.41) is 10.4. The van der Waals surface area contributed by atoms with Gasteiger partial charge in [-0.3, -0.25) is 10.00 Å². The molecule has 0 aliphatic carbocycles. The number of carbonyl (C=O) groups excluding carboxylic acids is 1. The molecule has 0 saturated carbocycles. The molecule has 6 heteroatoms. The Kier molecular flexibility index (Phi) is 4.12. The molecule has 0 spiro atoms. The highest BCUT2D eigenvalue weighted by molar-refractivity contribution is 5.88. The smallest absolute Gasteiger partial charge is 0.320 e. The fourth-order valence-electron chi connectivity index (χ4n) is 3.94. The van der Waals surface area contributed by atoms with Crippen LogP contribution in [0.1, 0.15) is 51.3 Å². The Hall–Kier alpha value is -1.56. The Morgan fingerprint density at radius 1 is 1.32 bits per heavy atom. The molecule has 3 heterocycles. The second kappa shape index (κ2) is 5.91. The predicted octanol–water partition coefficient (Wildman–Crippen LogP) is 2.52. The molecule has 2 unspecified atom stereocenters. The van der Waals surface area contributed by atoms with Gasteiger partial charge in [-0.15, -0.1) is 0 Å². The van der Waals surface area contributed by atoms with Crippen molar-refractivity contribution in [2.75, 3.05) is 12.4 Å². The van der Waals surface area contributed by atoms with E-state index in [0.29, 0.717) is 23.9 Å². The van der Waals surface area contributed by atoms with Crippen LogP contribution in [0.3, 0.4) is 0 Å². The van der Waals surface area contributed by atoms with Gasteiger partial charge in [0.2, 0.25) is 0 Å². The van der Waals surface area contributed by atoms with Crippen LogP contribution >= 0.6 is 0 Å². The van der Waals surface area contributed by atoms with Crippen molar-refractivity contribution < 1.29 is 4.79 Å². The van der Waals surface area contributed by atoms with E-state index in [0.717, 1.165) is 18.5 Å². The highest BCUT2D eigenvalue weighted by Gasteiger charge is 2.38. The first-order valence-electron chi connectivity index (χ1n) is 8.29. The van der Waals surface area contributed by atoms with Crippen LogP contribution in [0, 0.1) is 6.92 Å². The highest BCUT2D eigenvalue weighted by Crippen LogP contribution is 2.34. The van der Waals surface area contributed by atoms with E-state index in [1.807, 2.05) is 17.7 Å². The Balaban J connectivity index is 1.56. The largest absolute Gasteiger partial charge is 0.335 e. The first-order valence-corrected chi connectivity index (χ1v) is 8.29. The minimum absolute atomic E-state index is 0.137. The van der Waals surface area contributed by atoms with Gasteiger partial charge in [0.1, 0.15) is 0 Å². The van der Waals surface area contributed by atoms with E-state index in [9.17, 15) is 4.79 Å². The van der Waals surface area contributed by atoms with Crippen molar-refractivity contribution in [2.24, 2.45) is 0 Å². The van der Waals surface area contributed by atoms with Crippen LogP contribution in [0.4, 0.5) is 10.6 Å². The molecule has 2 fully saturated rings. The summed E-state index contributed by atoms with van der Waals surface area (Å²) in [6, 6.07) is 3.61. The Bertz CT molecular complexity index is 539. The lowest BCUT2D eigenvalue weighted by atomic mass is 9.98.